The fourth-order valence-electron chi connectivity index (χ4n) is 2.18. The normalized spacial score (nSPS) is 11.6. The highest BCUT2D eigenvalue weighted by atomic mass is 35.5. The number of anilines is 1. The van der Waals surface area contributed by atoms with E-state index in [1.54, 1.807) is 0 Å². The van der Waals surface area contributed by atoms with Gasteiger partial charge in [0.25, 0.3) is 0 Å². The number of alkyl halides is 1. The molecule has 0 saturated heterocycles. The van der Waals surface area contributed by atoms with Gasteiger partial charge in [0.2, 0.25) is 10.0 Å². The zero-order chi connectivity index (χ0) is 18.6. The Balaban J connectivity index is 2.40. The molecule has 3 nitrogen and oxygen atoms in total. The van der Waals surface area contributed by atoms with Crippen LogP contribution in [0.2, 0.25) is 5.02 Å². The van der Waals surface area contributed by atoms with Crippen LogP contribution < -0.4 is 4.72 Å². The molecular weight excluding hydrogens is 398 g/mol. The first kappa shape index (κ1) is 19.9. The molecule has 0 amide bonds. The van der Waals surface area contributed by atoms with Crippen LogP contribution in [0.1, 0.15) is 17.5 Å². The Labute approximate surface area is 153 Å². The quantitative estimate of drug-likeness (QED) is 0.670. The van der Waals surface area contributed by atoms with Crippen molar-refractivity contribution in [2.75, 3.05) is 16.4 Å². The second-order valence-corrected chi connectivity index (χ2v) is 7.92. The standard InChI is InChI=1S/C16H14Cl2F3NO2S/c17-6-1-7-25(23,24)22-15-5-4-13(19)16(21)12(15)8-10-2-3-11(18)9-14(10)20/h2-5,9,22H,1,6-8H2. The Morgan fingerprint density at radius 3 is 2.40 bits per heavy atom. The van der Waals surface area contributed by atoms with Gasteiger partial charge in [-0.1, -0.05) is 17.7 Å². The minimum absolute atomic E-state index is 0.0510. The summed E-state index contributed by atoms with van der Waals surface area (Å²) in [6, 6.07) is 5.67. The van der Waals surface area contributed by atoms with E-state index in [1.807, 2.05) is 0 Å². The van der Waals surface area contributed by atoms with Crippen molar-refractivity contribution in [1.82, 2.24) is 0 Å². The largest absolute Gasteiger partial charge is 0.283 e. The van der Waals surface area contributed by atoms with Crippen molar-refractivity contribution in [3.8, 4) is 0 Å². The Morgan fingerprint density at radius 2 is 1.76 bits per heavy atom. The average Bonchev–Trinajstić information content (AvgIpc) is 2.54. The molecule has 9 heteroatoms. The summed E-state index contributed by atoms with van der Waals surface area (Å²) in [5, 5.41) is 0.156. The van der Waals surface area contributed by atoms with Gasteiger partial charge >= 0.3 is 0 Å². The summed E-state index contributed by atoms with van der Waals surface area (Å²) in [5.74, 6) is -3.24. The summed E-state index contributed by atoms with van der Waals surface area (Å²) < 4.78 is 67.9. The molecule has 2 rings (SSSR count). The van der Waals surface area contributed by atoms with Crippen LogP contribution >= 0.6 is 23.2 Å². The van der Waals surface area contributed by atoms with Crippen LogP contribution in [0.25, 0.3) is 0 Å². The Kier molecular flexibility index (Phi) is 6.59. The third-order valence-electron chi connectivity index (χ3n) is 3.39. The SMILES string of the molecule is O=S(=O)(CCCCl)Nc1ccc(F)c(F)c1Cc1ccc(Cl)cc1F. The maximum absolute atomic E-state index is 14.2. The topological polar surface area (TPSA) is 46.2 Å². The van der Waals surface area contributed by atoms with E-state index in [4.69, 9.17) is 23.2 Å². The summed E-state index contributed by atoms with van der Waals surface area (Å²) in [7, 11) is -3.80. The predicted octanol–water partition coefficient (Wildman–Crippen LogP) is 4.72. The average molecular weight is 412 g/mol. The van der Waals surface area contributed by atoms with Gasteiger partial charge in [-0.2, -0.15) is 0 Å². The van der Waals surface area contributed by atoms with Crippen LogP contribution in [0.4, 0.5) is 18.9 Å². The molecule has 0 heterocycles. The molecule has 0 bridgehead atoms. The van der Waals surface area contributed by atoms with Gasteiger partial charge in [0.15, 0.2) is 11.6 Å². The van der Waals surface area contributed by atoms with E-state index in [0.717, 1.165) is 18.2 Å². The lowest BCUT2D eigenvalue weighted by atomic mass is 10.0. The smallest absolute Gasteiger partial charge is 0.232 e. The summed E-state index contributed by atoms with van der Waals surface area (Å²) in [4.78, 5) is 0. The van der Waals surface area contributed by atoms with Gasteiger partial charge < -0.3 is 0 Å². The fraction of sp³-hybridized carbons (Fsp3) is 0.250. The third-order valence-corrected chi connectivity index (χ3v) is 5.25. The lowest BCUT2D eigenvalue weighted by Gasteiger charge is -2.14. The zero-order valence-electron chi connectivity index (χ0n) is 12.8. The van der Waals surface area contributed by atoms with Gasteiger partial charge in [-0.3, -0.25) is 4.72 Å². The van der Waals surface area contributed by atoms with Crippen molar-refractivity contribution in [2.24, 2.45) is 0 Å². The van der Waals surface area contributed by atoms with Crippen LogP contribution in [-0.2, 0) is 16.4 Å². The molecule has 0 unspecified atom stereocenters. The van der Waals surface area contributed by atoms with Gasteiger partial charge in [0.05, 0.1) is 11.4 Å². The molecule has 0 aliphatic rings. The number of benzene rings is 2. The molecule has 0 spiro atoms. The first-order chi connectivity index (χ1) is 11.7. The highest BCUT2D eigenvalue weighted by molar-refractivity contribution is 7.92. The van der Waals surface area contributed by atoms with Crippen LogP contribution in [0.15, 0.2) is 30.3 Å². The van der Waals surface area contributed by atoms with Crippen molar-refractivity contribution in [3.05, 3.63) is 63.9 Å². The van der Waals surface area contributed by atoms with Crippen LogP contribution in [0.3, 0.4) is 0 Å². The lowest BCUT2D eigenvalue weighted by Crippen LogP contribution is -2.19. The van der Waals surface area contributed by atoms with E-state index < -0.39 is 27.5 Å². The Bertz CT molecular complexity index is 876. The first-order valence-electron chi connectivity index (χ1n) is 7.21. The molecule has 0 aromatic heterocycles. The maximum atomic E-state index is 14.2. The van der Waals surface area contributed by atoms with Crippen molar-refractivity contribution in [3.63, 3.8) is 0 Å². The monoisotopic (exact) mass is 411 g/mol. The molecule has 0 aliphatic heterocycles. The number of hydrogen-bond donors (Lipinski definition) is 1. The Hall–Kier alpha value is -1.44. The van der Waals surface area contributed by atoms with Gasteiger partial charge in [-0.25, -0.2) is 21.6 Å². The van der Waals surface area contributed by atoms with E-state index in [0.29, 0.717) is 0 Å². The molecule has 25 heavy (non-hydrogen) atoms. The van der Waals surface area contributed by atoms with Gasteiger partial charge in [-0.15, -0.1) is 11.6 Å². The van der Waals surface area contributed by atoms with Crippen molar-refractivity contribution in [2.45, 2.75) is 12.8 Å². The summed E-state index contributed by atoms with van der Waals surface area (Å²) in [5.41, 5.74) is -0.395. The number of hydrogen-bond acceptors (Lipinski definition) is 2. The number of halogens is 5. The lowest BCUT2D eigenvalue weighted by molar-refractivity contribution is 0.500. The molecule has 1 N–H and O–H groups in total. The van der Waals surface area contributed by atoms with E-state index in [1.165, 1.54) is 12.1 Å². The Morgan fingerprint density at radius 1 is 1.04 bits per heavy atom. The third kappa shape index (κ3) is 5.26. The van der Waals surface area contributed by atoms with Crippen LogP contribution in [0.5, 0.6) is 0 Å². The van der Waals surface area contributed by atoms with E-state index in [2.05, 4.69) is 4.72 Å². The molecule has 2 aromatic rings. The highest BCUT2D eigenvalue weighted by Gasteiger charge is 2.19. The molecule has 136 valence electrons. The first-order valence-corrected chi connectivity index (χ1v) is 9.77. The van der Waals surface area contributed by atoms with Gasteiger partial charge in [0.1, 0.15) is 5.82 Å². The van der Waals surface area contributed by atoms with Crippen molar-refractivity contribution < 1.29 is 21.6 Å². The number of rotatable bonds is 7. The van der Waals surface area contributed by atoms with E-state index in [-0.39, 0.29) is 46.3 Å². The molecule has 0 saturated carbocycles. The predicted molar refractivity (Wildman–Crippen MR) is 93.3 cm³/mol. The van der Waals surface area contributed by atoms with Crippen molar-refractivity contribution in [1.29, 1.82) is 0 Å². The second kappa shape index (κ2) is 8.29. The number of nitrogens with one attached hydrogen (secondary N) is 1. The molecule has 0 aliphatic carbocycles. The summed E-state index contributed by atoms with van der Waals surface area (Å²) >= 11 is 11.1. The maximum Gasteiger partial charge on any atom is 0.232 e. The molecular formula is C16H14Cl2F3NO2S. The second-order valence-electron chi connectivity index (χ2n) is 5.26. The molecule has 0 fully saturated rings. The van der Waals surface area contributed by atoms with Crippen LogP contribution in [-0.4, -0.2) is 20.1 Å². The van der Waals surface area contributed by atoms with Crippen molar-refractivity contribution >= 4 is 38.9 Å². The summed E-state index contributed by atoms with van der Waals surface area (Å²) in [6.45, 7) is 0. The fourth-order valence-corrected chi connectivity index (χ4v) is 3.78. The number of sulfonamides is 1. The zero-order valence-corrected chi connectivity index (χ0v) is 15.2. The van der Waals surface area contributed by atoms with E-state index in [9.17, 15) is 21.6 Å². The minimum atomic E-state index is -3.80. The minimum Gasteiger partial charge on any atom is -0.283 e. The molecule has 0 radical (unpaired) electrons. The highest BCUT2D eigenvalue weighted by Crippen LogP contribution is 2.27. The van der Waals surface area contributed by atoms with Crippen LogP contribution in [0, 0.1) is 17.5 Å². The van der Waals surface area contributed by atoms with Gasteiger partial charge in [0, 0.05) is 22.9 Å². The molecule has 0 atom stereocenters. The van der Waals surface area contributed by atoms with E-state index >= 15 is 0 Å². The molecule has 2 aromatic carbocycles. The van der Waals surface area contributed by atoms with Gasteiger partial charge in [-0.05, 0) is 36.2 Å². The summed E-state index contributed by atoms with van der Waals surface area (Å²) in [6.07, 6.45) is -0.151.